The van der Waals surface area contributed by atoms with Crippen LogP contribution in [-0.2, 0) is 16.0 Å². The van der Waals surface area contributed by atoms with Gasteiger partial charge in [-0.25, -0.2) is 0 Å². The Morgan fingerprint density at radius 2 is 2.12 bits per heavy atom. The van der Waals surface area contributed by atoms with Gasteiger partial charge in [0.05, 0.1) is 19.3 Å². The van der Waals surface area contributed by atoms with E-state index in [0.717, 1.165) is 36.2 Å². The van der Waals surface area contributed by atoms with Crippen molar-refractivity contribution in [1.82, 2.24) is 10.2 Å². The highest BCUT2D eigenvalue weighted by atomic mass is 16.5. The fraction of sp³-hybridized carbons (Fsp3) is 0.600. The summed E-state index contributed by atoms with van der Waals surface area (Å²) in [5, 5.41) is 2.97. The quantitative estimate of drug-likeness (QED) is 0.891. The summed E-state index contributed by atoms with van der Waals surface area (Å²) in [5.41, 5.74) is 2.80. The molecule has 1 aromatic rings. The summed E-state index contributed by atoms with van der Waals surface area (Å²) in [4.78, 5) is 29.3. The van der Waals surface area contributed by atoms with E-state index in [1.165, 1.54) is 0 Å². The molecular weight excluding hydrogens is 330 g/mol. The first-order chi connectivity index (χ1) is 12.5. The summed E-state index contributed by atoms with van der Waals surface area (Å²) in [6.45, 7) is 9.02. The minimum Gasteiger partial charge on any atom is -0.375 e. The van der Waals surface area contributed by atoms with E-state index in [9.17, 15) is 9.59 Å². The number of anilines is 1. The zero-order valence-electron chi connectivity index (χ0n) is 16.0. The first-order valence-electron chi connectivity index (χ1n) is 9.52. The SMILES string of the molecule is CC(C)NC(=O)c1cccc2c1CCCN2CC(=O)N1CCO[C@@H](C)C1. The Morgan fingerprint density at radius 3 is 2.85 bits per heavy atom. The molecule has 142 valence electrons. The molecule has 1 fully saturated rings. The highest BCUT2D eigenvalue weighted by Gasteiger charge is 2.27. The van der Waals surface area contributed by atoms with E-state index in [0.29, 0.717) is 26.2 Å². The fourth-order valence-electron chi connectivity index (χ4n) is 3.73. The van der Waals surface area contributed by atoms with Gasteiger partial charge >= 0.3 is 0 Å². The summed E-state index contributed by atoms with van der Waals surface area (Å²) in [6.07, 6.45) is 1.91. The second kappa shape index (κ2) is 8.08. The number of rotatable bonds is 4. The van der Waals surface area contributed by atoms with Crippen molar-refractivity contribution in [2.45, 2.75) is 45.8 Å². The Hall–Kier alpha value is -2.08. The van der Waals surface area contributed by atoms with E-state index < -0.39 is 0 Å². The molecule has 6 nitrogen and oxygen atoms in total. The van der Waals surface area contributed by atoms with Crippen LogP contribution in [0.4, 0.5) is 5.69 Å². The molecule has 0 aliphatic carbocycles. The van der Waals surface area contributed by atoms with Gasteiger partial charge in [-0.1, -0.05) is 6.07 Å². The average molecular weight is 359 g/mol. The monoisotopic (exact) mass is 359 g/mol. The fourth-order valence-corrected chi connectivity index (χ4v) is 3.73. The van der Waals surface area contributed by atoms with Crippen LogP contribution in [0, 0.1) is 0 Å². The molecule has 2 aliphatic heterocycles. The zero-order chi connectivity index (χ0) is 18.7. The zero-order valence-corrected chi connectivity index (χ0v) is 16.0. The molecule has 1 atom stereocenters. The Kier molecular flexibility index (Phi) is 5.81. The molecule has 0 unspecified atom stereocenters. The van der Waals surface area contributed by atoms with Gasteiger partial charge in [0, 0.05) is 36.9 Å². The average Bonchev–Trinajstić information content (AvgIpc) is 2.61. The summed E-state index contributed by atoms with van der Waals surface area (Å²) in [6, 6.07) is 5.91. The third-order valence-corrected chi connectivity index (χ3v) is 4.93. The first-order valence-corrected chi connectivity index (χ1v) is 9.52. The van der Waals surface area contributed by atoms with Crippen LogP contribution in [-0.4, -0.2) is 61.6 Å². The summed E-state index contributed by atoms with van der Waals surface area (Å²) < 4.78 is 5.53. The van der Waals surface area contributed by atoms with Crippen LogP contribution in [0.1, 0.15) is 43.1 Å². The van der Waals surface area contributed by atoms with Gasteiger partial charge in [-0.2, -0.15) is 0 Å². The van der Waals surface area contributed by atoms with Crippen molar-refractivity contribution in [3.8, 4) is 0 Å². The van der Waals surface area contributed by atoms with Gasteiger partial charge in [0.2, 0.25) is 5.91 Å². The molecule has 2 aliphatic rings. The molecule has 3 rings (SSSR count). The molecular formula is C20H29N3O3. The van der Waals surface area contributed by atoms with Gasteiger partial charge in [0.15, 0.2) is 0 Å². The number of nitrogens with zero attached hydrogens (tertiary/aromatic N) is 2. The Morgan fingerprint density at radius 1 is 1.31 bits per heavy atom. The largest absolute Gasteiger partial charge is 0.375 e. The molecule has 0 saturated carbocycles. The van der Waals surface area contributed by atoms with Gasteiger partial charge in [-0.05, 0) is 51.3 Å². The lowest BCUT2D eigenvalue weighted by Gasteiger charge is -2.36. The van der Waals surface area contributed by atoms with Crippen molar-refractivity contribution < 1.29 is 14.3 Å². The molecule has 0 aromatic heterocycles. The van der Waals surface area contributed by atoms with E-state index >= 15 is 0 Å². The Bertz CT molecular complexity index is 674. The number of nitrogens with one attached hydrogen (secondary N) is 1. The van der Waals surface area contributed by atoms with Crippen LogP contribution < -0.4 is 10.2 Å². The van der Waals surface area contributed by atoms with Crippen LogP contribution in [0.15, 0.2) is 18.2 Å². The molecule has 2 amide bonds. The minimum atomic E-state index is -0.0352. The second-order valence-electron chi connectivity index (χ2n) is 7.48. The number of fused-ring (bicyclic) bond motifs is 1. The molecule has 1 N–H and O–H groups in total. The number of ether oxygens (including phenoxy) is 1. The number of carbonyl (C=O) groups is 2. The maximum atomic E-state index is 12.7. The summed E-state index contributed by atoms with van der Waals surface area (Å²) >= 11 is 0. The number of hydrogen-bond acceptors (Lipinski definition) is 4. The lowest BCUT2D eigenvalue weighted by Crippen LogP contribution is -2.49. The molecule has 26 heavy (non-hydrogen) atoms. The molecule has 0 radical (unpaired) electrons. The van der Waals surface area contributed by atoms with Crippen LogP contribution in [0.2, 0.25) is 0 Å². The third kappa shape index (κ3) is 4.18. The number of hydrogen-bond donors (Lipinski definition) is 1. The van der Waals surface area contributed by atoms with E-state index in [4.69, 9.17) is 4.74 Å². The van der Waals surface area contributed by atoms with Gasteiger partial charge < -0.3 is 19.9 Å². The van der Waals surface area contributed by atoms with Gasteiger partial charge in [0.25, 0.3) is 5.91 Å². The molecule has 2 heterocycles. The van der Waals surface area contributed by atoms with Crippen molar-refractivity contribution in [2.75, 3.05) is 37.7 Å². The highest BCUT2D eigenvalue weighted by molar-refractivity contribution is 5.97. The van der Waals surface area contributed by atoms with Crippen molar-refractivity contribution >= 4 is 17.5 Å². The van der Waals surface area contributed by atoms with Gasteiger partial charge in [-0.3, -0.25) is 9.59 Å². The third-order valence-electron chi connectivity index (χ3n) is 4.93. The predicted octanol–water partition coefficient (Wildman–Crippen LogP) is 1.82. The second-order valence-corrected chi connectivity index (χ2v) is 7.48. The van der Waals surface area contributed by atoms with Gasteiger partial charge in [-0.15, -0.1) is 0 Å². The van der Waals surface area contributed by atoms with Crippen LogP contribution in [0.3, 0.4) is 0 Å². The Labute approximate surface area is 155 Å². The van der Waals surface area contributed by atoms with Crippen molar-refractivity contribution in [2.24, 2.45) is 0 Å². The number of benzene rings is 1. The van der Waals surface area contributed by atoms with Crippen LogP contribution in [0.25, 0.3) is 0 Å². The smallest absolute Gasteiger partial charge is 0.251 e. The lowest BCUT2D eigenvalue weighted by molar-refractivity contribution is -0.136. The normalized spacial score (nSPS) is 20.1. The van der Waals surface area contributed by atoms with Crippen LogP contribution in [0.5, 0.6) is 0 Å². The minimum absolute atomic E-state index is 0.0352. The van der Waals surface area contributed by atoms with Crippen LogP contribution >= 0.6 is 0 Å². The number of amides is 2. The molecule has 1 aromatic carbocycles. The van der Waals surface area contributed by atoms with E-state index in [1.54, 1.807) is 0 Å². The maximum Gasteiger partial charge on any atom is 0.251 e. The maximum absolute atomic E-state index is 12.7. The van der Waals surface area contributed by atoms with E-state index in [-0.39, 0.29) is 24.0 Å². The van der Waals surface area contributed by atoms with E-state index in [1.807, 2.05) is 43.9 Å². The molecule has 0 bridgehead atoms. The molecule has 6 heteroatoms. The van der Waals surface area contributed by atoms with E-state index in [2.05, 4.69) is 10.2 Å². The first kappa shape index (κ1) is 18.7. The van der Waals surface area contributed by atoms with Crippen molar-refractivity contribution in [3.63, 3.8) is 0 Å². The van der Waals surface area contributed by atoms with Gasteiger partial charge in [0.1, 0.15) is 0 Å². The molecule has 1 saturated heterocycles. The van der Waals surface area contributed by atoms with Crippen molar-refractivity contribution in [1.29, 1.82) is 0 Å². The predicted molar refractivity (Wildman–Crippen MR) is 102 cm³/mol. The standard InChI is InChI=1S/C20H29N3O3/c1-14(2)21-20(25)17-6-4-8-18-16(17)7-5-9-22(18)13-19(24)23-10-11-26-15(3)12-23/h4,6,8,14-15H,5,7,9-13H2,1-3H3,(H,21,25)/t15-/m0/s1. The lowest BCUT2D eigenvalue weighted by atomic mass is 9.95. The molecule has 0 spiro atoms. The summed E-state index contributed by atoms with van der Waals surface area (Å²) in [7, 11) is 0. The van der Waals surface area contributed by atoms with Crippen molar-refractivity contribution in [3.05, 3.63) is 29.3 Å². The summed E-state index contributed by atoms with van der Waals surface area (Å²) in [5.74, 6) is 0.0945. The number of morpholine rings is 1. The topological polar surface area (TPSA) is 61.9 Å². The number of carbonyl (C=O) groups excluding carboxylic acids is 2. The Balaban J connectivity index is 1.76. The highest BCUT2D eigenvalue weighted by Crippen LogP contribution is 2.30.